The third-order valence-electron chi connectivity index (χ3n) is 3.22. The monoisotopic (exact) mass is 239 g/mol. The van der Waals surface area contributed by atoms with Crippen LogP contribution >= 0.6 is 0 Å². The summed E-state index contributed by atoms with van der Waals surface area (Å²) >= 11 is 0. The lowest BCUT2D eigenvalue weighted by molar-refractivity contribution is 0.810. The van der Waals surface area contributed by atoms with Gasteiger partial charge >= 0.3 is 0 Å². The number of hydrogen-bond acceptors (Lipinski definition) is 1. The van der Waals surface area contributed by atoms with Crippen molar-refractivity contribution in [1.29, 1.82) is 0 Å². The quantitative estimate of drug-likeness (QED) is 0.524. The predicted molar refractivity (Wildman–Crippen MR) is 80.2 cm³/mol. The first-order chi connectivity index (χ1) is 8.81. The predicted octanol–water partition coefficient (Wildman–Crippen LogP) is 4.64. The highest BCUT2D eigenvalue weighted by atomic mass is 14.7. The summed E-state index contributed by atoms with van der Waals surface area (Å²) < 4.78 is 0. The molecule has 0 bridgehead atoms. The summed E-state index contributed by atoms with van der Waals surface area (Å²) in [5, 5.41) is 0. The Bertz CT molecular complexity index is 492. The first-order valence-electron chi connectivity index (χ1n) is 6.78. The van der Waals surface area contributed by atoms with Crippen molar-refractivity contribution >= 4 is 11.8 Å². The van der Waals surface area contributed by atoms with Crippen molar-refractivity contribution in [1.82, 2.24) is 0 Å². The standard InChI is InChI=1S/C17H21N/c1-3-4-11-18-13-16-7-5-6-8-17(16)15-10-9-14(2)12-15/h5-9,12-13H,3-4,10-11H2,1-2H3/b18-13+. The van der Waals surface area contributed by atoms with Gasteiger partial charge in [-0.1, -0.05) is 55.3 Å². The van der Waals surface area contributed by atoms with Crippen LogP contribution in [0.5, 0.6) is 0 Å². The van der Waals surface area contributed by atoms with Gasteiger partial charge in [-0.05, 0) is 36.5 Å². The van der Waals surface area contributed by atoms with E-state index in [0.29, 0.717) is 0 Å². The maximum atomic E-state index is 4.51. The second kappa shape index (κ2) is 6.34. The van der Waals surface area contributed by atoms with Crippen LogP contribution in [0.1, 0.15) is 44.2 Å². The summed E-state index contributed by atoms with van der Waals surface area (Å²) in [4.78, 5) is 4.51. The van der Waals surface area contributed by atoms with E-state index in [4.69, 9.17) is 0 Å². The minimum absolute atomic E-state index is 0.932. The van der Waals surface area contributed by atoms with E-state index < -0.39 is 0 Å². The molecule has 1 heteroatoms. The van der Waals surface area contributed by atoms with E-state index >= 15 is 0 Å². The van der Waals surface area contributed by atoms with E-state index in [2.05, 4.69) is 55.3 Å². The molecule has 0 aliphatic heterocycles. The van der Waals surface area contributed by atoms with Crippen molar-refractivity contribution in [3.8, 4) is 0 Å². The molecule has 0 fully saturated rings. The van der Waals surface area contributed by atoms with Gasteiger partial charge in [-0.15, -0.1) is 0 Å². The zero-order valence-electron chi connectivity index (χ0n) is 11.3. The van der Waals surface area contributed by atoms with E-state index in [1.165, 1.54) is 35.1 Å². The molecule has 1 aliphatic rings. The molecule has 0 aromatic heterocycles. The average molecular weight is 239 g/mol. The van der Waals surface area contributed by atoms with Gasteiger partial charge in [0, 0.05) is 12.8 Å². The van der Waals surface area contributed by atoms with Gasteiger partial charge in [0.1, 0.15) is 0 Å². The number of nitrogens with zero attached hydrogens (tertiary/aromatic N) is 1. The van der Waals surface area contributed by atoms with Crippen molar-refractivity contribution in [2.24, 2.45) is 4.99 Å². The van der Waals surface area contributed by atoms with E-state index in [9.17, 15) is 0 Å². The second-order valence-corrected chi connectivity index (χ2v) is 4.80. The van der Waals surface area contributed by atoms with Crippen LogP contribution in [-0.2, 0) is 0 Å². The van der Waals surface area contributed by atoms with Crippen molar-refractivity contribution in [2.75, 3.05) is 6.54 Å². The number of unbranched alkanes of at least 4 members (excludes halogenated alkanes) is 1. The third kappa shape index (κ3) is 3.19. The SMILES string of the molecule is CCCC/N=C/c1ccccc1C1=CC(C)=CC1. The summed E-state index contributed by atoms with van der Waals surface area (Å²) in [6.07, 6.45) is 10.00. The smallest absolute Gasteiger partial charge is 0.0389 e. The lowest BCUT2D eigenvalue weighted by atomic mass is 9.99. The molecule has 0 atom stereocenters. The molecule has 0 unspecified atom stereocenters. The lowest BCUT2D eigenvalue weighted by Crippen LogP contribution is -1.92. The first-order valence-corrected chi connectivity index (χ1v) is 6.78. The summed E-state index contributed by atoms with van der Waals surface area (Å²) in [6, 6.07) is 8.53. The topological polar surface area (TPSA) is 12.4 Å². The molecule has 2 rings (SSSR count). The Morgan fingerprint density at radius 3 is 2.83 bits per heavy atom. The van der Waals surface area contributed by atoms with Crippen molar-refractivity contribution in [3.05, 3.63) is 53.1 Å². The highest BCUT2D eigenvalue weighted by Crippen LogP contribution is 2.28. The van der Waals surface area contributed by atoms with Crippen LogP contribution in [0, 0.1) is 0 Å². The van der Waals surface area contributed by atoms with E-state index in [1.54, 1.807) is 0 Å². The molecule has 0 heterocycles. The highest BCUT2D eigenvalue weighted by Gasteiger charge is 2.08. The van der Waals surface area contributed by atoms with Crippen LogP contribution in [0.4, 0.5) is 0 Å². The number of allylic oxidation sites excluding steroid dienone is 4. The number of rotatable bonds is 5. The molecule has 0 spiro atoms. The van der Waals surface area contributed by atoms with Crippen LogP contribution in [-0.4, -0.2) is 12.8 Å². The summed E-state index contributed by atoms with van der Waals surface area (Å²) in [5.41, 5.74) is 5.33. The maximum Gasteiger partial charge on any atom is 0.0389 e. The van der Waals surface area contributed by atoms with Gasteiger partial charge in [0.2, 0.25) is 0 Å². The highest BCUT2D eigenvalue weighted by molar-refractivity contribution is 5.89. The van der Waals surface area contributed by atoms with Crippen LogP contribution < -0.4 is 0 Å². The molecule has 0 N–H and O–H groups in total. The fourth-order valence-corrected chi connectivity index (χ4v) is 2.17. The molecule has 0 saturated carbocycles. The molecule has 18 heavy (non-hydrogen) atoms. The Hall–Kier alpha value is -1.63. The Kier molecular flexibility index (Phi) is 4.52. The summed E-state index contributed by atoms with van der Waals surface area (Å²) in [7, 11) is 0. The maximum absolute atomic E-state index is 4.51. The van der Waals surface area contributed by atoms with E-state index in [-0.39, 0.29) is 0 Å². The van der Waals surface area contributed by atoms with E-state index in [0.717, 1.165) is 13.0 Å². The Morgan fingerprint density at radius 2 is 2.11 bits per heavy atom. The molecule has 1 aliphatic carbocycles. The van der Waals surface area contributed by atoms with Gasteiger partial charge in [-0.25, -0.2) is 0 Å². The molecule has 0 radical (unpaired) electrons. The average Bonchev–Trinajstić information content (AvgIpc) is 2.82. The molecule has 1 nitrogen and oxygen atoms in total. The number of aliphatic imine (C=N–C) groups is 1. The van der Waals surface area contributed by atoms with Gasteiger partial charge in [-0.3, -0.25) is 4.99 Å². The molecule has 1 aromatic rings. The van der Waals surface area contributed by atoms with Crippen molar-refractivity contribution < 1.29 is 0 Å². The molecular weight excluding hydrogens is 218 g/mol. The molecule has 0 saturated heterocycles. The zero-order chi connectivity index (χ0) is 12.8. The van der Waals surface area contributed by atoms with Crippen LogP contribution in [0.3, 0.4) is 0 Å². The second-order valence-electron chi connectivity index (χ2n) is 4.80. The summed E-state index contributed by atoms with van der Waals surface area (Å²) in [5.74, 6) is 0. The third-order valence-corrected chi connectivity index (χ3v) is 3.22. The van der Waals surface area contributed by atoms with Crippen LogP contribution in [0.25, 0.3) is 5.57 Å². The number of hydrogen-bond donors (Lipinski definition) is 0. The van der Waals surface area contributed by atoms with Gasteiger partial charge in [0.25, 0.3) is 0 Å². The lowest BCUT2D eigenvalue weighted by Gasteiger charge is -2.06. The Labute approximate surface area is 110 Å². The normalized spacial score (nSPS) is 15.0. The molecular formula is C17H21N. The van der Waals surface area contributed by atoms with Crippen molar-refractivity contribution in [3.63, 3.8) is 0 Å². The fraction of sp³-hybridized carbons (Fsp3) is 0.353. The van der Waals surface area contributed by atoms with E-state index in [1.807, 2.05) is 6.21 Å². The first kappa shape index (κ1) is 12.8. The largest absolute Gasteiger partial charge is 0.293 e. The van der Waals surface area contributed by atoms with Gasteiger partial charge in [-0.2, -0.15) is 0 Å². The van der Waals surface area contributed by atoms with Crippen LogP contribution in [0.2, 0.25) is 0 Å². The minimum Gasteiger partial charge on any atom is -0.293 e. The van der Waals surface area contributed by atoms with Gasteiger partial charge < -0.3 is 0 Å². The van der Waals surface area contributed by atoms with Gasteiger partial charge in [0.05, 0.1) is 0 Å². The molecule has 94 valence electrons. The van der Waals surface area contributed by atoms with Gasteiger partial charge in [0.15, 0.2) is 0 Å². The Balaban J connectivity index is 2.16. The molecule has 0 amide bonds. The van der Waals surface area contributed by atoms with Crippen LogP contribution in [0.15, 0.2) is 47.0 Å². The summed E-state index contributed by atoms with van der Waals surface area (Å²) in [6.45, 7) is 5.29. The fourth-order valence-electron chi connectivity index (χ4n) is 2.17. The van der Waals surface area contributed by atoms with Crippen molar-refractivity contribution in [2.45, 2.75) is 33.1 Å². The number of benzene rings is 1. The Morgan fingerprint density at radius 1 is 1.28 bits per heavy atom. The minimum atomic E-state index is 0.932. The molecule has 1 aromatic carbocycles. The zero-order valence-corrected chi connectivity index (χ0v) is 11.3.